The summed E-state index contributed by atoms with van der Waals surface area (Å²) in [6.07, 6.45) is -4.13. The molecule has 26 heavy (non-hydrogen) atoms. The average molecular weight is 372 g/mol. The maximum Gasteiger partial charge on any atom is 0.417 e. The van der Waals surface area contributed by atoms with Crippen molar-refractivity contribution in [3.05, 3.63) is 28.6 Å². The highest BCUT2D eigenvalue weighted by molar-refractivity contribution is 6.02. The number of aromatic nitrogens is 1. The zero-order chi connectivity index (χ0) is 19.5. The fourth-order valence-corrected chi connectivity index (χ4v) is 2.87. The van der Waals surface area contributed by atoms with Crippen LogP contribution in [0.2, 0.25) is 0 Å². The minimum Gasteiger partial charge on any atom is -0.462 e. The van der Waals surface area contributed by atoms with Gasteiger partial charge in [-0.05, 0) is 32.8 Å². The number of carbonyl (C=O) groups excluding carboxylic acids is 3. The van der Waals surface area contributed by atoms with Crippen molar-refractivity contribution in [3.8, 4) is 0 Å². The molecule has 0 aromatic carbocycles. The summed E-state index contributed by atoms with van der Waals surface area (Å²) in [7, 11) is 0. The third-order valence-electron chi connectivity index (χ3n) is 4.08. The smallest absolute Gasteiger partial charge is 0.417 e. The molecule has 1 aromatic heterocycles. The summed E-state index contributed by atoms with van der Waals surface area (Å²) in [5, 5.41) is 2.55. The second-order valence-corrected chi connectivity index (χ2v) is 6.11. The number of Topliss-reactive ketones (excluding diaryl/α,β-unsaturated/α-hetero) is 1. The Morgan fingerprint density at radius 3 is 2.62 bits per heavy atom. The lowest BCUT2D eigenvalue weighted by molar-refractivity contribution is -0.138. The molecule has 0 spiro atoms. The van der Waals surface area contributed by atoms with E-state index < -0.39 is 29.2 Å². The van der Waals surface area contributed by atoms with Gasteiger partial charge in [0.25, 0.3) is 0 Å². The number of ketones is 1. The van der Waals surface area contributed by atoms with Crippen molar-refractivity contribution in [2.45, 2.75) is 39.3 Å². The van der Waals surface area contributed by atoms with Crippen LogP contribution in [0.5, 0.6) is 0 Å². The Labute approximate surface area is 148 Å². The summed E-state index contributed by atoms with van der Waals surface area (Å²) in [5.41, 5.74) is -1.64. The van der Waals surface area contributed by atoms with Gasteiger partial charge in [0.15, 0.2) is 0 Å². The van der Waals surface area contributed by atoms with Crippen LogP contribution >= 0.6 is 0 Å². The highest BCUT2D eigenvalue weighted by atomic mass is 19.4. The van der Waals surface area contributed by atoms with Crippen molar-refractivity contribution < 1.29 is 32.3 Å². The van der Waals surface area contributed by atoms with E-state index in [9.17, 15) is 27.6 Å². The molecular formula is C17H19F3N2O4. The Hall–Kier alpha value is -2.45. The highest BCUT2D eigenvalue weighted by Crippen LogP contribution is 2.33. The molecule has 1 fully saturated rings. The van der Waals surface area contributed by atoms with E-state index in [0.29, 0.717) is 13.0 Å². The van der Waals surface area contributed by atoms with Crippen molar-refractivity contribution in [1.82, 2.24) is 10.3 Å². The summed E-state index contributed by atoms with van der Waals surface area (Å²) in [5.74, 6) is -2.40. The van der Waals surface area contributed by atoms with Gasteiger partial charge in [0.05, 0.1) is 29.3 Å². The van der Waals surface area contributed by atoms with Crippen LogP contribution in [-0.4, -0.2) is 35.8 Å². The number of nitrogens with zero attached hydrogens (tertiary/aromatic N) is 1. The molecule has 1 aliphatic rings. The van der Waals surface area contributed by atoms with Crippen LogP contribution in [0.15, 0.2) is 6.07 Å². The molecule has 0 radical (unpaired) electrons. The molecule has 0 unspecified atom stereocenters. The molecule has 6 nitrogen and oxygen atoms in total. The lowest BCUT2D eigenvalue weighted by atomic mass is 9.99. The number of carbonyl (C=O) groups is 3. The predicted octanol–water partition coefficient (Wildman–Crippen LogP) is 2.36. The van der Waals surface area contributed by atoms with E-state index in [-0.39, 0.29) is 42.5 Å². The van der Waals surface area contributed by atoms with E-state index in [1.54, 1.807) is 0 Å². The summed E-state index contributed by atoms with van der Waals surface area (Å²) >= 11 is 0. The molecule has 1 saturated heterocycles. The number of rotatable bonds is 6. The normalized spacial score (nSPS) is 17.1. The van der Waals surface area contributed by atoms with Crippen LogP contribution in [0, 0.1) is 19.8 Å². The molecule has 1 amide bonds. The number of esters is 1. The Balaban J connectivity index is 1.96. The zero-order valence-electron chi connectivity index (χ0n) is 14.4. The van der Waals surface area contributed by atoms with Crippen LogP contribution in [0.4, 0.5) is 13.2 Å². The molecule has 1 atom stereocenters. The fourth-order valence-electron chi connectivity index (χ4n) is 2.87. The average Bonchev–Trinajstić information content (AvgIpc) is 2.95. The Kier molecular flexibility index (Phi) is 5.99. The standard InChI is InChI=1S/C17H19F3N2O4/c1-9-8-12(17(18,19)20)14(10(2)22-9)16(25)26-7-3-4-13(23)11-5-6-21-15(11)24/h8,11H,3-7H2,1-2H3,(H,21,24)/t11-/m0/s1. The molecule has 1 N–H and O–H groups in total. The maximum atomic E-state index is 13.2. The van der Waals surface area contributed by atoms with Gasteiger partial charge >= 0.3 is 12.1 Å². The van der Waals surface area contributed by atoms with Crippen LogP contribution in [0.25, 0.3) is 0 Å². The van der Waals surface area contributed by atoms with E-state index in [1.807, 2.05) is 0 Å². The lowest BCUT2D eigenvalue weighted by Gasteiger charge is -2.15. The van der Waals surface area contributed by atoms with E-state index in [0.717, 1.165) is 6.07 Å². The minimum atomic E-state index is -4.71. The number of hydrogen-bond acceptors (Lipinski definition) is 5. The predicted molar refractivity (Wildman–Crippen MR) is 84.4 cm³/mol. The summed E-state index contributed by atoms with van der Waals surface area (Å²) in [6, 6.07) is 0.797. The molecule has 142 valence electrons. The van der Waals surface area contributed by atoms with Gasteiger partial charge in [-0.3, -0.25) is 14.6 Å². The Morgan fingerprint density at radius 1 is 1.35 bits per heavy atom. The number of alkyl halides is 3. The fraction of sp³-hybridized carbons (Fsp3) is 0.529. The SMILES string of the molecule is Cc1cc(C(F)(F)F)c(C(=O)OCCCC(=O)[C@@H]2CCNC2=O)c(C)n1. The third-order valence-corrected chi connectivity index (χ3v) is 4.08. The molecule has 0 saturated carbocycles. The molecule has 1 aliphatic heterocycles. The number of amides is 1. The van der Waals surface area contributed by atoms with Gasteiger partial charge in [0.1, 0.15) is 5.78 Å². The first kappa shape index (κ1) is 19.9. The molecule has 0 aliphatic carbocycles. The quantitative estimate of drug-likeness (QED) is 0.471. The van der Waals surface area contributed by atoms with Crippen molar-refractivity contribution in [3.63, 3.8) is 0 Å². The van der Waals surface area contributed by atoms with Gasteiger partial charge in [-0.25, -0.2) is 4.79 Å². The summed E-state index contributed by atoms with van der Waals surface area (Å²) < 4.78 is 44.4. The molecule has 9 heteroatoms. The van der Waals surface area contributed by atoms with E-state index >= 15 is 0 Å². The number of nitrogens with one attached hydrogen (secondary N) is 1. The molecular weight excluding hydrogens is 353 g/mol. The molecule has 0 bridgehead atoms. The van der Waals surface area contributed by atoms with Crippen molar-refractivity contribution >= 4 is 17.7 Å². The third kappa shape index (κ3) is 4.59. The first-order valence-electron chi connectivity index (χ1n) is 8.14. The topological polar surface area (TPSA) is 85.4 Å². The van der Waals surface area contributed by atoms with Crippen LogP contribution < -0.4 is 5.32 Å². The van der Waals surface area contributed by atoms with E-state index in [1.165, 1.54) is 13.8 Å². The van der Waals surface area contributed by atoms with Crippen molar-refractivity contribution in [2.75, 3.05) is 13.2 Å². The Bertz CT molecular complexity index is 731. The largest absolute Gasteiger partial charge is 0.462 e. The monoisotopic (exact) mass is 372 g/mol. The second kappa shape index (κ2) is 7.84. The van der Waals surface area contributed by atoms with Gasteiger partial charge in [0, 0.05) is 18.7 Å². The molecule has 2 rings (SSSR count). The number of aryl methyl sites for hydroxylation is 2. The van der Waals surface area contributed by atoms with Gasteiger partial charge in [-0.15, -0.1) is 0 Å². The molecule has 1 aromatic rings. The van der Waals surface area contributed by atoms with Gasteiger partial charge in [0.2, 0.25) is 5.91 Å². The zero-order valence-corrected chi connectivity index (χ0v) is 14.4. The lowest BCUT2D eigenvalue weighted by Crippen LogP contribution is -2.25. The molecule has 2 heterocycles. The minimum absolute atomic E-state index is 0.0165. The second-order valence-electron chi connectivity index (χ2n) is 6.11. The van der Waals surface area contributed by atoms with Crippen LogP contribution in [-0.2, 0) is 20.5 Å². The summed E-state index contributed by atoms with van der Waals surface area (Å²) in [4.78, 5) is 39.3. The summed E-state index contributed by atoms with van der Waals surface area (Å²) in [6.45, 7) is 2.94. The van der Waals surface area contributed by atoms with Gasteiger partial charge in [-0.1, -0.05) is 0 Å². The number of pyridine rings is 1. The first-order chi connectivity index (χ1) is 12.1. The van der Waals surface area contributed by atoms with Crippen molar-refractivity contribution in [1.29, 1.82) is 0 Å². The van der Waals surface area contributed by atoms with Gasteiger partial charge in [-0.2, -0.15) is 13.2 Å². The highest BCUT2D eigenvalue weighted by Gasteiger charge is 2.37. The first-order valence-corrected chi connectivity index (χ1v) is 8.14. The van der Waals surface area contributed by atoms with E-state index in [2.05, 4.69) is 10.3 Å². The van der Waals surface area contributed by atoms with Crippen molar-refractivity contribution in [2.24, 2.45) is 5.92 Å². The number of hydrogen-bond donors (Lipinski definition) is 1. The van der Waals surface area contributed by atoms with Gasteiger partial charge < -0.3 is 10.1 Å². The maximum absolute atomic E-state index is 13.2. The Morgan fingerprint density at radius 2 is 2.04 bits per heavy atom. The number of halogens is 3. The van der Waals surface area contributed by atoms with E-state index in [4.69, 9.17) is 4.74 Å². The van der Waals surface area contributed by atoms with Crippen LogP contribution in [0.1, 0.15) is 46.6 Å². The number of ether oxygens (including phenoxy) is 1. The van der Waals surface area contributed by atoms with Crippen LogP contribution in [0.3, 0.4) is 0 Å².